The number of hydrogen-bond donors (Lipinski definition) is 12. The number of carbonyl (C=O) groups is 8. The van der Waals surface area contributed by atoms with Crippen LogP contribution >= 0.6 is 11.6 Å². The first kappa shape index (κ1) is 69.6. The molecule has 2 heterocycles. The predicted octanol–water partition coefficient (Wildman–Crippen LogP) is 0.532. The molecule has 0 aliphatic carbocycles. The van der Waals surface area contributed by atoms with Gasteiger partial charge < -0.3 is 86.2 Å². The van der Waals surface area contributed by atoms with E-state index in [1.165, 1.54) is 43.3 Å². The molecule has 0 saturated carbocycles. The number of aromatic nitrogens is 1. The van der Waals surface area contributed by atoms with Crippen LogP contribution in [0.15, 0.2) is 85.1 Å². The van der Waals surface area contributed by atoms with Crippen molar-refractivity contribution < 1.29 is 103 Å². The van der Waals surface area contributed by atoms with Crippen molar-refractivity contribution in [2.24, 2.45) is 17.6 Å². The number of benzene rings is 3. The first-order chi connectivity index (χ1) is 40.7. The smallest absolute Gasteiger partial charge is 0.409 e. The number of nitrogens with one attached hydrogen (secondary N) is 2. The number of anilines is 1. The number of nitrogens with zero attached hydrogens (tertiary/aromatic N) is 2. The number of amides is 4. The first-order valence-corrected chi connectivity index (χ1v) is 27.8. The maximum Gasteiger partial charge on any atom is 0.409 e. The summed E-state index contributed by atoms with van der Waals surface area (Å²) in [6.45, 7) is 2.17. The Morgan fingerprint density at radius 1 is 0.779 bits per heavy atom. The summed E-state index contributed by atoms with van der Waals surface area (Å²) in [4.78, 5) is 110. The molecular weight excluding hydrogens is 1150 g/mol. The minimum atomic E-state index is -2.50. The molecule has 3 aromatic carbocycles. The van der Waals surface area contributed by atoms with Gasteiger partial charge in [-0.25, -0.2) is 4.79 Å². The fourth-order valence-corrected chi connectivity index (χ4v) is 9.12. The maximum absolute atomic E-state index is 13.4. The summed E-state index contributed by atoms with van der Waals surface area (Å²) in [5.41, 5.74) is 8.92. The van der Waals surface area contributed by atoms with Gasteiger partial charge in [-0.2, -0.15) is 0 Å². The molecule has 4 amide bonds. The molecule has 27 heteroatoms. The summed E-state index contributed by atoms with van der Waals surface area (Å²) in [6, 6.07) is 20.3. The number of ether oxygens (including phenoxy) is 4. The Morgan fingerprint density at radius 2 is 1.43 bits per heavy atom. The topological polar surface area (TPSA) is 422 Å². The Balaban J connectivity index is 1.05. The van der Waals surface area contributed by atoms with E-state index < -0.39 is 147 Å². The Labute approximate surface area is 499 Å². The van der Waals surface area contributed by atoms with Gasteiger partial charge in [0.05, 0.1) is 37.2 Å². The average Bonchev–Trinajstić information content (AvgIpc) is 3.68. The van der Waals surface area contributed by atoms with Crippen molar-refractivity contribution in [2.75, 3.05) is 32.1 Å². The monoisotopic (exact) mass is 1220 g/mol. The van der Waals surface area contributed by atoms with Gasteiger partial charge >= 0.3 is 6.09 Å². The van der Waals surface area contributed by atoms with Crippen molar-refractivity contribution in [3.63, 3.8) is 0 Å². The number of aliphatic hydroxyl groups is 9. The van der Waals surface area contributed by atoms with E-state index in [1.807, 2.05) is 19.1 Å². The number of halogens is 1. The van der Waals surface area contributed by atoms with Crippen molar-refractivity contribution >= 4 is 64.2 Å². The lowest BCUT2D eigenvalue weighted by Gasteiger charge is -2.42. The number of Topliss-reactive ketones (excluding diaryl/α,β-unsaturated/α-hetero) is 4. The molecule has 1 saturated heterocycles. The number of ketones is 4. The van der Waals surface area contributed by atoms with Gasteiger partial charge in [0.15, 0.2) is 23.6 Å². The lowest BCUT2D eigenvalue weighted by molar-refractivity contribution is -0.326. The lowest BCUT2D eigenvalue weighted by Crippen LogP contribution is -2.61. The molecule has 1 aromatic heterocycles. The molecule has 26 nitrogen and oxygen atoms in total. The second-order valence-corrected chi connectivity index (χ2v) is 21.5. The van der Waals surface area contributed by atoms with E-state index in [2.05, 4.69) is 15.6 Å². The summed E-state index contributed by atoms with van der Waals surface area (Å²) in [7, 11) is 1.50. The predicted molar refractivity (Wildman–Crippen MR) is 304 cm³/mol. The zero-order valence-corrected chi connectivity index (χ0v) is 48.4. The molecular formula is C59H74ClN5O21. The Kier molecular flexibility index (Phi) is 26.8. The average molecular weight is 1220 g/mol. The molecule has 0 radical (unpaired) electrons. The number of rotatable bonds is 33. The quantitative estimate of drug-likeness (QED) is 0.0290. The van der Waals surface area contributed by atoms with Gasteiger partial charge in [0.25, 0.3) is 0 Å². The van der Waals surface area contributed by atoms with Crippen molar-refractivity contribution in [3.05, 3.63) is 118 Å². The zero-order chi connectivity index (χ0) is 63.5. The third-order valence-corrected chi connectivity index (χ3v) is 14.6. The molecule has 13 atom stereocenters. The minimum absolute atomic E-state index is 0.0465. The minimum Gasteiger partial charge on any atom is -0.457 e. The van der Waals surface area contributed by atoms with E-state index in [0.29, 0.717) is 22.1 Å². The van der Waals surface area contributed by atoms with Gasteiger partial charge in [-0.1, -0.05) is 48.0 Å². The molecule has 468 valence electrons. The van der Waals surface area contributed by atoms with Crippen LogP contribution in [0.1, 0.15) is 78.7 Å². The molecule has 1 aliphatic rings. The van der Waals surface area contributed by atoms with Crippen LogP contribution in [0.25, 0.3) is 0 Å². The normalized spacial score (nSPS) is 19.5. The van der Waals surface area contributed by atoms with Gasteiger partial charge in [-0.05, 0) is 85.8 Å². The third-order valence-electron chi connectivity index (χ3n) is 14.1. The van der Waals surface area contributed by atoms with Gasteiger partial charge in [-0.3, -0.25) is 38.5 Å². The van der Waals surface area contributed by atoms with E-state index in [9.17, 15) is 84.3 Å². The molecule has 1 aliphatic heterocycles. The second-order valence-electron chi connectivity index (χ2n) is 21.1. The third kappa shape index (κ3) is 20.5. The van der Waals surface area contributed by atoms with Crippen LogP contribution in [0.3, 0.4) is 0 Å². The molecule has 13 N–H and O–H groups in total. The van der Waals surface area contributed by atoms with Crippen LogP contribution in [0.5, 0.6) is 11.5 Å². The van der Waals surface area contributed by atoms with E-state index in [4.69, 9.17) is 36.3 Å². The fourth-order valence-electron chi connectivity index (χ4n) is 9.00. The number of nitrogens with two attached hydrogens (primary N) is 1. The largest absolute Gasteiger partial charge is 0.457 e. The highest BCUT2D eigenvalue weighted by molar-refractivity contribution is 6.31. The number of aliphatic hydroxyl groups excluding tert-OH is 9. The summed E-state index contributed by atoms with van der Waals surface area (Å²) in [5, 5.41) is 97.8. The van der Waals surface area contributed by atoms with Gasteiger partial charge in [0.2, 0.25) is 17.7 Å². The van der Waals surface area contributed by atoms with Crippen molar-refractivity contribution in [1.29, 1.82) is 0 Å². The summed E-state index contributed by atoms with van der Waals surface area (Å²) in [6.07, 6.45) is -20.7. The van der Waals surface area contributed by atoms with Crippen LogP contribution < -0.4 is 21.1 Å². The van der Waals surface area contributed by atoms with Crippen LogP contribution in [0.4, 0.5) is 10.5 Å². The number of aryl methyl sites for hydroxylation is 1. The van der Waals surface area contributed by atoms with Crippen molar-refractivity contribution in [1.82, 2.24) is 15.2 Å². The fraction of sp³-hybridized carbons (Fsp3) is 0.475. The molecule has 86 heavy (non-hydrogen) atoms. The van der Waals surface area contributed by atoms with Crippen LogP contribution in [0, 0.1) is 18.8 Å². The van der Waals surface area contributed by atoms with Crippen LogP contribution in [-0.2, 0) is 62.4 Å². The zero-order valence-electron chi connectivity index (χ0n) is 47.6. The second kappa shape index (κ2) is 33.1. The Hall–Kier alpha value is -7.18. The molecule has 5 rings (SSSR count). The van der Waals surface area contributed by atoms with Crippen molar-refractivity contribution in [2.45, 2.75) is 140 Å². The summed E-state index contributed by atoms with van der Waals surface area (Å²) in [5.74, 6) is -7.34. The molecule has 0 bridgehead atoms. The van der Waals surface area contributed by atoms with Gasteiger partial charge in [0.1, 0.15) is 78.4 Å². The summed E-state index contributed by atoms with van der Waals surface area (Å²) < 4.78 is 21.9. The van der Waals surface area contributed by atoms with Crippen molar-refractivity contribution in [3.8, 4) is 11.5 Å². The van der Waals surface area contributed by atoms with E-state index >= 15 is 0 Å². The van der Waals surface area contributed by atoms with E-state index in [-0.39, 0.29) is 61.8 Å². The van der Waals surface area contributed by atoms with E-state index in [1.54, 1.807) is 48.5 Å². The lowest BCUT2D eigenvalue weighted by atomic mass is 9.90. The number of primary amides is 1. The highest BCUT2D eigenvalue weighted by Gasteiger charge is 2.48. The SMILES string of the molecule is Cc1cc(CC(=O)Cc2ccc(Oc3ccnc(C(=O)CCCN(C)C(=O)OCc4ccc(NC(=O)C(CC(N)=O)CC(=O)C(C)NC(=O)C(CC(=O)[C@H](O)[C@H](O)[C@@H](O[C@@H]5O[C@H](CO)[C@H](O)[C@H](O)[C@H]5O)[C@H](O)CO)C(C)O)cc4)c3)cc2)ccc1Cl. The number of carbonyl (C=O) groups excluding carboxylic acids is 8. The highest BCUT2D eigenvalue weighted by Crippen LogP contribution is 2.28. The van der Waals surface area contributed by atoms with Gasteiger partial charge in [-0.15, -0.1) is 0 Å². The standard InChI is InChI=1S/C59H74ClN5O21/c1-30-20-35(11-16-42(30)60)22-38(69)21-33-9-14-39(15-10-33)84-40-17-18-62-43(25-40)44(70)6-5-19-65(4)59(82)83-29-34-7-12-37(13-8-34)64-56(80)36(24-49(61)74)23-45(71)31(2)63-57(81)41(32(3)68)26-46(72)50(75)53(78)55(47(73)27-66)86-58-54(79)52(77)51(76)48(28-67)85-58/h7-18,20,25,31-32,36,41,47-48,50-55,58,66-68,73,75-79H,5-6,19,21-24,26-29H2,1-4H3,(H2,61,74)(H,63,81)(H,64,80)/t31?,32?,36?,41?,47-,48-,50+,51+,52+,53+,54-,55+,58+/m1/s1. The van der Waals surface area contributed by atoms with Crippen LogP contribution in [-0.4, -0.2) is 197 Å². The Bertz CT molecular complexity index is 2970. The van der Waals surface area contributed by atoms with Gasteiger partial charge in [0, 0.05) is 75.1 Å². The molecule has 4 unspecified atom stereocenters. The van der Waals surface area contributed by atoms with Crippen LogP contribution in [0.2, 0.25) is 5.02 Å². The number of pyridine rings is 1. The summed E-state index contributed by atoms with van der Waals surface area (Å²) >= 11 is 6.10. The van der Waals surface area contributed by atoms with E-state index in [0.717, 1.165) is 23.6 Å². The maximum atomic E-state index is 13.4. The highest BCUT2D eigenvalue weighted by atomic mass is 35.5. The first-order valence-electron chi connectivity index (χ1n) is 27.4. The molecule has 1 fully saturated rings. The Morgan fingerprint density at radius 3 is 2.06 bits per heavy atom. The molecule has 4 aromatic rings. The number of hydrogen-bond acceptors (Lipinski definition) is 22. The molecule has 0 spiro atoms.